The summed E-state index contributed by atoms with van der Waals surface area (Å²) < 4.78 is 2.39. The van der Waals surface area contributed by atoms with Gasteiger partial charge >= 0.3 is 0 Å². The van der Waals surface area contributed by atoms with E-state index in [0.29, 0.717) is 11.8 Å². The molecule has 0 spiro atoms. The largest absolute Gasteiger partial charge is 0.340 e. The van der Waals surface area contributed by atoms with Crippen molar-refractivity contribution in [2.24, 2.45) is 0 Å². The molecule has 3 aromatic carbocycles. The Morgan fingerprint density at radius 2 is 1.36 bits per heavy atom. The number of hydrogen-bond acceptors (Lipinski definition) is 1. The van der Waals surface area contributed by atoms with Gasteiger partial charge in [-0.25, -0.2) is 0 Å². The van der Waals surface area contributed by atoms with Crippen LogP contribution in [-0.2, 0) is 20.1 Å². The van der Waals surface area contributed by atoms with E-state index in [-0.39, 0.29) is 20.1 Å². The number of rotatable bonds is 5. The van der Waals surface area contributed by atoms with E-state index in [2.05, 4.69) is 73.1 Å². The molecule has 6 rings (SSSR count). The van der Waals surface area contributed by atoms with E-state index in [1.807, 2.05) is 18.3 Å². The number of imidazole rings is 1. The molecular formula is C33H35IrN2-. The van der Waals surface area contributed by atoms with Gasteiger partial charge < -0.3 is 4.57 Å². The SMILES string of the molecule is Cc1cc(C)cc(-c2cc(C3CCCC3)c(-n3ccnc3-c3[c-]cccc3)c(C3CCCC3)c2)c1.[Ir]. The fourth-order valence-corrected chi connectivity index (χ4v) is 6.58. The Hall–Kier alpha value is -2.48. The van der Waals surface area contributed by atoms with Crippen molar-refractivity contribution in [3.63, 3.8) is 0 Å². The first kappa shape index (κ1) is 25.2. The fraction of sp³-hybridized carbons (Fsp3) is 0.364. The topological polar surface area (TPSA) is 17.8 Å². The van der Waals surface area contributed by atoms with Crippen LogP contribution in [0, 0.1) is 19.9 Å². The van der Waals surface area contributed by atoms with Crippen molar-refractivity contribution in [1.29, 1.82) is 0 Å². The summed E-state index contributed by atoms with van der Waals surface area (Å²) in [4.78, 5) is 4.83. The summed E-state index contributed by atoms with van der Waals surface area (Å²) in [5, 5.41) is 0. The van der Waals surface area contributed by atoms with Crippen molar-refractivity contribution in [1.82, 2.24) is 9.55 Å². The Balaban J connectivity index is 0.00000267. The molecule has 3 heteroatoms. The maximum atomic E-state index is 4.83. The van der Waals surface area contributed by atoms with E-state index < -0.39 is 0 Å². The van der Waals surface area contributed by atoms with Crippen LogP contribution in [0.1, 0.15) is 85.5 Å². The molecule has 0 amide bonds. The molecule has 0 atom stereocenters. The predicted octanol–water partition coefficient (Wildman–Crippen LogP) is 8.94. The van der Waals surface area contributed by atoms with Gasteiger partial charge in [-0.2, -0.15) is 0 Å². The van der Waals surface area contributed by atoms with E-state index in [0.717, 1.165) is 11.4 Å². The number of hydrogen-bond donors (Lipinski definition) is 0. The summed E-state index contributed by atoms with van der Waals surface area (Å²) in [5.41, 5.74) is 10.9. The van der Waals surface area contributed by atoms with Crippen LogP contribution in [0.2, 0.25) is 0 Å². The summed E-state index contributed by atoms with van der Waals surface area (Å²) >= 11 is 0. The quantitative estimate of drug-likeness (QED) is 0.197. The molecule has 1 heterocycles. The summed E-state index contributed by atoms with van der Waals surface area (Å²) in [6, 6.07) is 23.7. The summed E-state index contributed by atoms with van der Waals surface area (Å²) in [6.07, 6.45) is 14.6. The Morgan fingerprint density at radius 3 is 1.92 bits per heavy atom. The first-order chi connectivity index (χ1) is 17.2. The molecule has 0 aliphatic heterocycles. The minimum Gasteiger partial charge on any atom is -0.340 e. The molecule has 2 nitrogen and oxygen atoms in total. The van der Waals surface area contributed by atoms with Crippen LogP contribution < -0.4 is 0 Å². The second-order valence-electron chi connectivity index (χ2n) is 10.7. The van der Waals surface area contributed by atoms with Crippen LogP contribution in [0.5, 0.6) is 0 Å². The van der Waals surface area contributed by atoms with Crippen LogP contribution in [0.25, 0.3) is 28.2 Å². The van der Waals surface area contributed by atoms with Crippen LogP contribution >= 0.6 is 0 Å². The maximum absolute atomic E-state index is 4.83. The van der Waals surface area contributed by atoms with Crippen molar-refractivity contribution in [2.45, 2.75) is 77.0 Å². The molecule has 4 aromatic rings. The van der Waals surface area contributed by atoms with Gasteiger partial charge in [-0.05, 0) is 85.8 Å². The van der Waals surface area contributed by atoms with Gasteiger partial charge in [0.05, 0.1) is 5.82 Å². The summed E-state index contributed by atoms with van der Waals surface area (Å²) in [6.45, 7) is 4.43. The van der Waals surface area contributed by atoms with Crippen molar-refractivity contribution < 1.29 is 20.1 Å². The summed E-state index contributed by atoms with van der Waals surface area (Å²) in [7, 11) is 0. The Kier molecular flexibility index (Phi) is 7.60. The van der Waals surface area contributed by atoms with E-state index in [1.165, 1.54) is 90.4 Å². The van der Waals surface area contributed by atoms with Gasteiger partial charge in [0.15, 0.2) is 0 Å². The Bertz CT molecular complexity index is 1270. The van der Waals surface area contributed by atoms with Crippen molar-refractivity contribution in [3.05, 3.63) is 95.3 Å². The molecule has 0 unspecified atom stereocenters. The number of benzene rings is 3. The molecule has 2 fully saturated rings. The minimum absolute atomic E-state index is 0. The second-order valence-corrected chi connectivity index (χ2v) is 10.7. The van der Waals surface area contributed by atoms with Crippen molar-refractivity contribution in [3.8, 4) is 28.2 Å². The van der Waals surface area contributed by atoms with Gasteiger partial charge in [0.1, 0.15) is 0 Å². The molecule has 36 heavy (non-hydrogen) atoms. The monoisotopic (exact) mass is 652 g/mol. The van der Waals surface area contributed by atoms with Gasteiger partial charge in [0, 0.05) is 38.2 Å². The smallest absolute Gasteiger partial charge is 0.0602 e. The average Bonchev–Trinajstić information content (AvgIpc) is 3.66. The number of nitrogens with zero attached hydrogens (tertiary/aromatic N) is 2. The van der Waals surface area contributed by atoms with Crippen LogP contribution in [0.15, 0.2) is 67.0 Å². The van der Waals surface area contributed by atoms with E-state index in [1.54, 1.807) is 0 Å². The van der Waals surface area contributed by atoms with E-state index >= 15 is 0 Å². The van der Waals surface area contributed by atoms with Crippen molar-refractivity contribution >= 4 is 0 Å². The normalized spacial score (nSPS) is 16.4. The summed E-state index contributed by atoms with van der Waals surface area (Å²) in [5.74, 6) is 2.24. The van der Waals surface area contributed by atoms with Gasteiger partial charge in [-0.3, -0.25) is 4.98 Å². The third kappa shape index (κ3) is 4.89. The van der Waals surface area contributed by atoms with Gasteiger partial charge in [0.25, 0.3) is 0 Å². The predicted molar refractivity (Wildman–Crippen MR) is 145 cm³/mol. The molecular weight excluding hydrogens is 617 g/mol. The minimum atomic E-state index is 0. The number of aryl methyl sites for hydroxylation is 2. The zero-order valence-electron chi connectivity index (χ0n) is 21.4. The molecule has 1 radical (unpaired) electrons. The molecule has 0 saturated heterocycles. The molecule has 0 N–H and O–H groups in total. The zero-order chi connectivity index (χ0) is 23.8. The van der Waals surface area contributed by atoms with Gasteiger partial charge in [-0.15, -0.1) is 35.9 Å². The first-order valence-electron chi connectivity index (χ1n) is 13.4. The molecule has 2 saturated carbocycles. The van der Waals surface area contributed by atoms with E-state index in [9.17, 15) is 0 Å². The standard InChI is InChI=1S/C33H35N2.Ir/c1-23-18-24(2)20-28(19-23)29-21-30(25-10-6-7-11-25)32(31(22-29)26-12-8-9-13-26)35-17-16-34-33(35)27-14-4-3-5-15-27;/h3-5,14,16-22,25-26H,6-13H2,1-2H3;/q-1;. The zero-order valence-corrected chi connectivity index (χ0v) is 23.8. The van der Waals surface area contributed by atoms with Crippen LogP contribution in [0.3, 0.4) is 0 Å². The first-order valence-corrected chi connectivity index (χ1v) is 13.4. The Morgan fingerprint density at radius 1 is 0.778 bits per heavy atom. The maximum Gasteiger partial charge on any atom is 0.0602 e. The molecule has 2 aliphatic carbocycles. The molecule has 1 aromatic heterocycles. The second kappa shape index (κ2) is 10.9. The third-order valence-electron chi connectivity index (χ3n) is 8.15. The van der Waals surface area contributed by atoms with Gasteiger partial charge in [0.2, 0.25) is 0 Å². The number of aromatic nitrogens is 2. The van der Waals surface area contributed by atoms with Crippen LogP contribution in [-0.4, -0.2) is 9.55 Å². The average molecular weight is 652 g/mol. The molecule has 187 valence electrons. The molecule has 0 bridgehead atoms. The fourth-order valence-electron chi connectivity index (χ4n) is 6.58. The van der Waals surface area contributed by atoms with Crippen molar-refractivity contribution in [2.75, 3.05) is 0 Å². The third-order valence-corrected chi connectivity index (χ3v) is 8.15. The van der Waals surface area contributed by atoms with Gasteiger partial charge in [-0.1, -0.05) is 55.0 Å². The van der Waals surface area contributed by atoms with E-state index in [4.69, 9.17) is 4.98 Å². The van der Waals surface area contributed by atoms with Crippen LogP contribution in [0.4, 0.5) is 0 Å². The Labute approximate surface area is 229 Å². The molecule has 2 aliphatic rings.